The van der Waals surface area contributed by atoms with Crippen molar-refractivity contribution in [3.63, 3.8) is 0 Å². The molecule has 2 N–H and O–H groups in total. The normalized spacial score (nSPS) is 18.1. The van der Waals surface area contributed by atoms with Gasteiger partial charge in [0.2, 0.25) is 0 Å². The van der Waals surface area contributed by atoms with Crippen molar-refractivity contribution < 1.29 is 4.74 Å². The number of hydrogen-bond donors (Lipinski definition) is 1. The summed E-state index contributed by atoms with van der Waals surface area (Å²) < 4.78 is 5.18. The van der Waals surface area contributed by atoms with E-state index >= 15 is 0 Å². The van der Waals surface area contributed by atoms with Gasteiger partial charge in [0.1, 0.15) is 0 Å². The summed E-state index contributed by atoms with van der Waals surface area (Å²) in [5.74, 6) is 0.429. The van der Waals surface area contributed by atoms with Crippen molar-refractivity contribution in [2.45, 2.75) is 12.3 Å². The molecule has 1 aromatic carbocycles. The summed E-state index contributed by atoms with van der Waals surface area (Å²) in [5.41, 5.74) is 8.70. The van der Waals surface area contributed by atoms with Crippen LogP contribution in [0.3, 0.4) is 0 Å². The summed E-state index contributed by atoms with van der Waals surface area (Å²) in [6.07, 6.45) is 3.41. The number of nitrogens with two attached hydrogens (primary N) is 1. The van der Waals surface area contributed by atoms with Gasteiger partial charge in [-0.15, -0.1) is 0 Å². The Balaban J connectivity index is 1.90. The highest BCUT2D eigenvalue weighted by atomic mass is 16.5. The van der Waals surface area contributed by atoms with Crippen LogP contribution in [-0.4, -0.2) is 44.8 Å². The molecule has 1 aromatic rings. The van der Waals surface area contributed by atoms with Crippen LogP contribution in [0.15, 0.2) is 42.0 Å². The summed E-state index contributed by atoms with van der Waals surface area (Å²) in [7, 11) is 1.76. The van der Waals surface area contributed by atoms with Crippen LogP contribution in [0.5, 0.6) is 0 Å². The van der Waals surface area contributed by atoms with Crippen LogP contribution < -0.4 is 5.73 Å². The molecule has 1 heterocycles. The summed E-state index contributed by atoms with van der Waals surface area (Å²) in [5, 5.41) is 0. The standard InChI is InChI=1S/C16H24N2O/c1-19-13-14-7-9-18(10-8-14)12-16(11-17)15-5-3-2-4-6-15/h2-7,16H,8-13,17H2,1H3. The molecule has 0 aliphatic carbocycles. The van der Waals surface area contributed by atoms with Gasteiger partial charge in [0, 0.05) is 39.2 Å². The third-order valence-corrected chi connectivity index (χ3v) is 3.75. The van der Waals surface area contributed by atoms with Crippen LogP contribution in [0.2, 0.25) is 0 Å². The molecule has 0 saturated heterocycles. The molecule has 19 heavy (non-hydrogen) atoms. The summed E-state index contributed by atoms with van der Waals surface area (Å²) in [6.45, 7) is 4.64. The Morgan fingerprint density at radius 1 is 1.32 bits per heavy atom. The molecule has 0 saturated carbocycles. The molecule has 3 heteroatoms. The predicted molar refractivity (Wildman–Crippen MR) is 79.3 cm³/mol. The van der Waals surface area contributed by atoms with Crippen LogP contribution in [0.25, 0.3) is 0 Å². The fraction of sp³-hybridized carbons (Fsp3) is 0.500. The average Bonchev–Trinajstić information content (AvgIpc) is 2.48. The summed E-state index contributed by atoms with van der Waals surface area (Å²) in [4.78, 5) is 2.48. The van der Waals surface area contributed by atoms with Crippen LogP contribution in [0.4, 0.5) is 0 Å². The zero-order valence-electron chi connectivity index (χ0n) is 11.7. The number of nitrogens with zero attached hydrogens (tertiary/aromatic N) is 1. The largest absolute Gasteiger partial charge is 0.380 e. The smallest absolute Gasteiger partial charge is 0.0673 e. The van der Waals surface area contributed by atoms with E-state index in [1.165, 1.54) is 11.1 Å². The van der Waals surface area contributed by atoms with Crippen molar-refractivity contribution in [3.8, 4) is 0 Å². The predicted octanol–water partition coefficient (Wildman–Crippen LogP) is 2.01. The van der Waals surface area contributed by atoms with Gasteiger partial charge in [-0.25, -0.2) is 0 Å². The molecule has 0 radical (unpaired) electrons. The first kappa shape index (κ1) is 14.3. The third-order valence-electron chi connectivity index (χ3n) is 3.75. The minimum absolute atomic E-state index is 0.429. The number of rotatable bonds is 6. The van der Waals surface area contributed by atoms with E-state index in [4.69, 9.17) is 10.5 Å². The minimum atomic E-state index is 0.429. The lowest BCUT2D eigenvalue weighted by Crippen LogP contribution is -2.35. The Morgan fingerprint density at radius 2 is 2.11 bits per heavy atom. The molecule has 1 aliphatic heterocycles. The molecule has 2 rings (SSSR count). The van der Waals surface area contributed by atoms with Gasteiger partial charge in [0.15, 0.2) is 0 Å². The van der Waals surface area contributed by atoms with E-state index in [0.717, 1.165) is 32.7 Å². The molecule has 0 aromatic heterocycles. The molecule has 0 bridgehead atoms. The van der Waals surface area contributed by atoms with Crippen LogP contribution in [0.1, 0.15) is 17.9 Å². The van der Waals surface area contributed by atoms with Gasteiger partial charge < -0.3 is 10.5 Å². The monoisotopic (exact) mass is 260 g/mol. The van der Waals surface area contributed by atoms with E-state index in [9.17, 15) is 0 Å². The molecule has 3 nitrogen and oxygen atoms in total. The Hall–Kier alpha value is -1.16. The van der Waals surface area contributed by atoms with Crippen LogP contribution in [0, 0.1) is 0 Å². The Kier molecular flexibility index (Phi) is 5.58. The van der Waals surface area contributed by atoms with Crippen molar-refractivity contribution in [1.82, 2.24) is 4.90 Å². The Morgan fingerprint density at radius 3 is 2.68 bits per heavy atom. The molecule has 0 amide bonds. The Bertz CT molecular complexity index is 402. The maximum atomic E-state index is 5.93. The quantitative estimate of drug-likeness (QED) is 0.795. The summed E-state index contributed by atoms with van der Waals surface area (Å²) >= 11 is 0. The molecule has 0 spiro atoms. The lowest BCUT2D eigenvalue weighted by Gasteiger charge is -2.29. The lowest BCUT2D eigenvalue weighted by molar-refractivity contribution is 0.209. The molecule has 0 fully saturated rings. The minimum Gasteiger partial charge on any atom is -0.380 e. The van der Waals surface area contributed by atoms with Gasteiger partial charge in [-0.1, -0.05) is 36.4 Å². The first-order valence-electron chi connectivity index (χ1n) is 6.97. The molecule has 1 unspecified atom stereocenters. The van der Waals surface area contributed by atoms with Crippen molar-refractivity contribution >= 4 is 0 Å². The second kappa shape index (κ2) is 7.43. The first-order chi connectivity index (χ1) is 9.33. The van der Waals surface area contributed by atoms with E-state index < -0.39 is 0 Å². The highest BCUT2D eigenvalue weighted by molar-refractivity contribution is 5.20. The van der Waals surface area contributed by atoms with Gasteiger partial charge in [0.25, 0.3) is 0 Å². The number of ether oxygens (including phenoxy) is 1. The second-order valence-electron chi connectivity index (χ2n) is 5.15. The Labute approximate surface area is 116 Å². The maximum Gasteiger partial charge on any atom is 0.0673 e. The van der Waals surface area contributed by atoms with Crippen LogP contribution in [-0.2, 0) is 4.74 Å². The van der Waals surface area contributed by atoms with Gasteiger partial charge in [-0.3, -0.25) is 4.90 Å². The summed E-state index contributed by atoms with van der Waals surface area (Å²) in [6, 6.07) is 10.6. The fourth-order valence-electron chi connectivity index (χ4n) is 2.59. The second-order valence-corrected chi connectivity index (χ2v) is 5.15. The third kappa shape index (κ3) is 4.16. The van der Waals surface area contributed by atoms with Gasteiger partial charge >= 0.3 is 0 Å². The molecular formula is C16H24N2O. The van der Waals surface area contributed by atoms with E-state index in [-0.39, 0.29) is 0 Å². The van der Waals surface area contributed by atoms with Gasteiger partial charge in [-0.2, -0.15) is 0 Å². The van der Waals surface area contributed by atoms with Gasteiger partial charge in [0.05, 0.1) is 6.61 Å². The fourth-order valence-corrected chi connectivity index (χ4v) is 2.59. The van der Waals surface area contributed by atoms with Crippen molar-refractivity contribution in [1.29, 1.82) is 0 Å². The van der Waals surface area contributed by atoms with Gasteiger partial charge in [-0.05, 0) is 17.6 Å². The molecule has 1 aliphatic rings. The number of benzene rings is 1. The first-order valence-corrected chi connectivity index (χ1v) is 6.97. The van der Waals surface area contributed by atoms with Crippen LogP contribution >= 0.6 is 0 Å². The number of hydrogen-bond acceptors (Lipinski definition) is 3. The van der Waals surface area contributed by atoms with E-state index in [1.807, 2.05) is 0 Å². The SMILES string of the molecule is COCC1=CCN(CC(CN)c2ccccc2)CC1. The van der Waals surface area contributed by atoms with E-state index in [2.05, 4.69) is 41.3 Å². The zero-order valence-corrected chi connectivity index (χ0v) is 11.7. The highest BCUT2D eigenvalue weighted by Gasteiger charge is 2.17. The van der Waals surface area contributed by atoms with Crippen molar-refractivity contribution in [2.75, 3.05) is 39.9 Å². The topological polar surface area (TPSA) is 38.5 Å². The molecular weight excluding hydrogens is 236 g/mol. The number of methoxy groups -OCH3 is 1. The van der Waals surface area contributed by atoms with Crippen molar-refractivity contribution in [3.05, 3.63) is 47.5 Å². The average molecular weight is 260 g/mol. The highest BCUT2D eigenvalue weighted by Crippen LogP contribution is 2.18. The van der Waals surface area contributed by atoms with Crippen molar-refractivity contribution in [2.24, 2.45) is 5.73 Å². The van der Waals surface area contributed by atoms with E-state index in [1.54, 1.807) is 7.11 Å². The molecule has 104 valence electrons. The maximum absolute atomic E-state index is 5.93. The molecule has 1 atom stereocenters. The lowest BCUT2D eigenvalue weighted by atomic mass is 9.97. The van der Waals surface area contributed by atoms with E-state index in [0.29, 0.717) is 12.5 Å². The zero-order chi connectivity index (χ0) is 13.5.